The molecule has 7 heteroatoms. The van der Waals surface area contributed by atoms with Crippen molar-refractivity contribution in [2.45, 2.75) is 13.2 Å². The fraction of sp³-hybridized carbons (Fsp3) is 0.125. The molecular weight excluding hydrogens is 308 g/mol. The van der Waals surface area contributed by atoms with Crippen LogP contribution in [-0.2, 0) is 6.61 Å². The number of hydrogen-bond donors (Lipinski definition) is 0. The Labute approximate surface area is 130 Å². The summed E-state index contributed by atoms with van der Waals surface area (Å²) < 4.78 is 35.2. The van der Waals surface area contributed by atoms with E-state index in [1.165, 1.54) is 18.2 Å². The van der Waals surface area contributed by atoms with Gasteiger partial charge in [0.25, 0.3) is 0 Å². The van der Waals surface area contributed by atoms with Gasteiger partial charge >= 0.3 is 6.61 Å². The second-order valence-electron chi connectivity index (χ2n) is 4.43. The van der Waals surface area contributed by atoms with E-state index in [1.54, 1.807) is 0 Å². The fourth-order valence-electron chi connectivity index (χ4n) is 1.87. The van der Waals surface area contributed by atoms with E-state index in [2.05, 4.69) is 4.74 Å². The van der Waals surface area contributed by atoms with Crippen LogP contribution in [0.2, 0.25) is 0 Å². The zero-order chi connectivity index (χ0) is 16.7. The molecule has 0 saturated carbocycles. The average molecular weight is 321 g/mol. The maximum atomic E-state index is 12.6. The molecule has 0 aromatic heterocycles. The van der Waals surface area contributed by atoms with Crippen molar-refractivity contribution in [3.63, 3.8) is 0 Å². The maximum Gasteiger partial charge on any atom is 0.387 e. The molecule has 0 amide bonds. The van der Waals surface area contributed by atoms with E-state index in [0.29, 0.717) is 6.20 Å². The van der Waals surface area contributed by atoms with Crippen LogP contribution in [0.25, 0.3) is 6.08 Å². The second-order valence-corrected chi connectivity index (χ2v) is 4.43. The molecule has 2 aromatic rings. The first-order chi connectivity index (χ1) is 11.1. The Morgan fingerprint density at radius 2 is 1.87 bits per heavy atom. The van der Waals surface area contributed by atoms with Crippen molar-refractivity contribution in [2.75, 3.05) is 0 Å². The Morgan fingerprint density at radius 1 is 1.13 bits per heavy atom. The van der Waals surface area contributed by atoms with E-state index in [1.807, 2.05) is 30.3 Å². The minimum absolute atomic E-state index is 0.0830. The predicted octanol–water partition coefficient (Wildman–Crippen LogP) is 4.11. The first kappa shape index (κ1) is 16.4. The molecule has 5 nitrogen and oxygen atoms in total. The van der Waals surface area contributed by atoms with Gasteiger partial charge in [0, 0.05) is 11.6 Å². The Morgan fingerprint density at radius 3 is 2.52 bits per heavy atom. The van der Waals surface area contributed by atoms with Crippen LogP contribution in [0, 0.1) is 10.1 Å². The molecule has 0 unspecified atom stereocenters. The van der Waals surface area contributed by atoms with Gasteiger partial charge in [0.1, 0.15) is 6.61 Å². The Balaban J connectivity index is 2.26. The molecule has 0 aliphatic carbocycles. The van der Waals surface area contributed by atoms with E-state index in [0.717, 1.165) is 11.6 Å². The number of halogens is 2. The van der Waals surface area contributed by atoms with Crippen molar-refractivity contribution < 1.29 is 23.2 Å². The lowest BCUT2D eigenvalue weighted by Gasteiger charge is -2.14. The van der Waals surface area contributed by atoms with Crippen molar-refractivity contribution in [3.05, 3.63) is 76.0 Å². The maximum absolute atomic E-state index is 12.6. The third-order valence-electron chi connectivity index (χ3n) is 2.83. The van der Waals surface area contributed by atoms with Gasteiger partial charge < -0.3 is 9.47 Å². The summed E-state index contributed by atoms with van der Waals surface area (Å²) in [5.41, 5.74) is 0.981. The van der Waals surface area contributed by atoms with Gasteiger partial charge in [-0.1, -0.05) is 42.5 Å². The van der Waals surface area contributed by atoms with Crippen LogP contribution in [0.15, 0.2) is 54.7 Å². The summed E-state index contributed by atoms with van der Waals surface area (Å²) in [7, 11) is 0. The van der Waals surface area contributed by atoms with Crippen LogP contribution < -0.4 is 9.47 Å². The van der Waals surface area contributed by atoms with Crippen LogP contribution in [0.4, 0.5) is 8.78 Å². The number of hydrogen-bond acceptors (Lipinski definition) is 4. The molecule has 0 spiro atoms. The van der Waals surface area contributed by atoms with Crippen molar-refractivity contribution in [3.8, 4) is 11.5 Å². The van der Waals surface area contributed by atoms with Gasteiger partial charge in [-0.15, -0.1) is 0 Å². The van der Waals surface area contributed by atoms with E-state index < -0.39 is 11.5 Å². The number of nitrogens with zero attached hydrogens (tertiary/aromatic N) is 1. The number of nitro groups is 1. The van der Waals surface area contributed by atoms with Gasteiger partial charge in [0.15, 0.2) is 11.5 Å². The number of para-hydroxylation sites is 1. The molecule has 23 heavy (non-hydrogen) atoms. The minimum Gasteiger partial charge on any atom is -0.485 e. The largest absolute Gasteiger partial charge is 0.485 e. The molecule has 0 radical (unpaired) electrons. The van der Waals surface area contributed by atoms with Crippen LogP contribution in [0.3, 0.4) is 0 Å². The van der Waals surface area contributed by atoms with Gasteiger partial charge in [-0.25, -0.2) is 0 Å². The molecule has 0 N–H and O–H groups in total. The Bertz CT molecular complexity index is 690. The van der Waals surface area contributed by atoms with Crippen molar-refractivity contribution in [1.82, 2.24) is 0 Å². The molecule has 2 rings (SSSR count). The third kappa shape index (κ3) is 5.06. The molecule has 0 saturated heterocycles. The average Bonchev–Trinajstić information content (AvgIpc) is 2.53. The van der Waals surface area contributed by atoms with E-state index in [9.17, 15) is 18.9 Å². The van der Waals surface area contributed by atoms with Crippen LogP contribution in [0.1, 0.15) is 11.1 Å². The SMILES string of the molecule is O=[N+]([O-])/C=C/c1cccc(OCc2ccccc2)c1OC(F)F. The first-order valence-electron chi connectivity index (χ1n) is 6.62. The van der Waals surface area contributed by atoms with E-state index in [-0.39, 0.29) is 23.7 Å². The van der Waals surface area contributed by atoms with Crippen LogP contribution in [-0.4, -0.2) is 11.5 Å². The molecule has 0 atom stereocenters. The highest BCUT2D eigenvalue weighted by Crippen LogP contribution is 2.34. The molecule has 120 valence electrons. The normalized spacial score (nSPS) is 10.9. The molecular formula is C16H13F2NO4. The van der Waals surface area contributed by atoms with Crippen molar-refractivity contribution >= 4 is 6.08 Å². The lowest BCUT2D eigenvalue weighted by molar-refractivity contribution is -0.400. The fourth-order valence-corrected chi connectivity index (χ4v) is 1.87. The summed E-state index contributed by atoms with van der Waals surface area (Å²) in [4.78, 5) is 9.71. The van der Waals surface area contributed by atoms with Crippen molar-refractivity contribution in [2.24, 2.45) is 0 Å². The first-order valence-corrected chi connectivity index (χ1v) is 6.62. The summed E-state index contributed by atoms with van der Waals surface area (Å²) in [6, 6.07) is 13.6. The van der Waals surface area contributed by atoms with Crippen LogP contribution >= 0.6 is 0 Å². The summed E-state index contributed by atoms with van der Waals surface area (Å²) in [5.74, 6) is -0.156. The topological polar surface area (TPSA) is 61.6 Å². The predicted molar refractivity (Wildman–Crippen MR) is 79.9 cm³/mol. The van der Waals surface area contributed by atoms with E-state index >= 15 is 0 Å². The van der Waals surface area contributed by atoms with Gasteiger partial charge in [0.05, 0.1) is 4.92 Å². The third-order valence-corrected chi connectivity index (χ3v) is 2.83. The van der Waals surface area contributed by atoms with Gasteiger partial charge in [0.2, 0.25) is 6.20 Å². The van der Waals surface area contributed by atoms with Crippen molar-refractivity contribution in [1.29, 1.82) is 0 Å². The quantitative estimate of drug-likeness (QED) is 0.568. The smallest absolute Gasteiger partial charge is 0.387 e. The summed E-state index contributed by atoms with van der Waals surface area (Å²) in [6.45, 7) is -2.91. The van der Waals surface area contributed by atoms with Gasteiger partial charge in [-0.05, 0) is 11.6 Å². The molecule has 0 bridgehead atoms. The number of benzene rings is 2. The molecule has 0 aliphatic rings. The summed E-state index contributed by atoms with van der Waals surface area (Å²) >= 11 is 0. The number of alkyl halides is 2. The second kappa shape index (κ2) is 7.88. The Kier molecular flexibility index (Phi) is 5.62. The number of ether oxygens (including phenoxy) is 2. The summed E-state index contributed by atoms with van der Waals surface area (Å²) in [6.07, 6.45) is 1.72. The number of rotatable bonds is 7. The lowest BCUT2D eigenvalue weighted by Crippen LogP contribution is -2.06. The standard InChI is InChI=1S/C16H13F2NO4/c17-16(18)23-15-13(9-10-19(20)21)7-4-8-14(15)22-11-12-5-2-1-3-6-12/h1-10,16H,11H2/b10-9+. The monoisotopic (exact) mass is 321 g/mol. The molecule has 2 aromatic carbocycles. The highest BCUT2D eigenvalue weighted by atomic mass is 19.3. The molecule has 0 fully saturated rings. The Hall–Kier alpha value is -2.96. The lowest BCUT2D eigenvalue weighted by atomic mass is 10.2. The summed E-state index contributed by atoms with van der Waals surface area (Å²) in [5, 5.41) is 10.4. The highest BCUT2D eigenvalue weighted by Gasteiger charge is 2.15. The molecule has 0 aliphatic heterocycles. The van der Waals surface area contributed by atoms with E-state index in [4.69, 9.17) is 4.74 Å². The van der Waals surface area contributed by atoms with Gasteiger partial charge in [-0.2, -0.15) is 8.78 Å². The minimum atomic E-state index is -3.07. The van der Waals surface area contributed by atoms with Gasteiger partial charge in [-0.3, -0.25) is 10.1 Å². The zero-order valence-corrected chi connectivity index (χ0v) is 11.9. The van der Waals surface area contributed by atoms with Crippen LogP contribution in [0.5, 0.6) is 11.5 Å². The highest BCUT2D eigenvalue weighted by molar-refractivity contribution is 5.61. The zero-order valence-electron chi connectivity index (χ0n) is 11.9. The molecule has 0 heterocycles.